The van der Waals surface area contributed by atoms with Crippen LogP contribution in [0, 0.1) is 0 Å². The number of pyridine rings is 1. The summed E-state index contributed by atoms with van der Waals surface area (Å²) in [6, 6.07) is 15.0. The van der Waals surface area contributed by atoms with Crippen LogP contribution in [0.1, 0.15) is 36.5 Å². The molecule has 3 aromatic rings. The fourth-order valence-corrected chi connectivity index (χ4v) is 3.71. The zero-order chi connectivity index (χ0) is 22.9. The van der Waals surface area contributed by atoms with Gasteiger partial charge in [0.2, 0.25) is 0 Å². The van der Waals surface area contributed by atoms with Gasteiger partial charge in [-0.3, -0.25) is 4.79 Å². The van der Waals surface area contributed by atoms with Crippen molar-refractivity contribution in [2.24, 2.45) is 0 Å². The van der Waals surface area contributed by atoms with Crippen molar-refractivity contribution in [3.63, 3.8) is 0 Å². The summed E-state index contributed by atoms with van der Waals surface area (Å²) in [6.07, 6.45) is 6.66. The fraction of sp³-hybridized carbons (Fsp3) is 0.360. The first-order valence-electron chi connectivity index (χ1n) is 11.5. The predicted molar refractivity (Wildman–Crippen MR) is 129 cm³/mol. The number of benzene rings is 1. The second kappa shape index (κ2) is 11.3. The predicted octanol–water partition coefficient (Wildman–Crippen LogP) is 4.15. The number of hydrogen-bond acceptors (Lipinski definition) is 7. The molecule has 1 aliphatic rings. The summed E-state index contributed by atoms with van der Waals surface area (Å²) in [7, 11) is 0. The lowest BCUT2D eigenvalue weighted by atomic mass is 10.1. The van der Waals surface area contributed by atoms with E-state index < -0.39 is 0 Å². The van der Waals surface area contributed by atoms with Crippen LogP contribution in [0.3, 0.4) is 0 Å². The molecule has 3 heterocycles. The summed E-state index contributed by atoms with van der Waals surface area (Å²) in [4.78, 5) is 30.0. The van der Waals surface area contributed by atoms with Gasteiger partial charge in [-0.05, 0) is 42.8 Å². The van der Waals surface area contributed by atoms with E-state index in [2.05, 4.69) is 32.1 Å². The molecule has 0 aliphatic carbocycles. The number of nitrogens with one attached hydrogen (secondary N) is 1. The first-order valence-corrected chi connectivity index (χ1v) is 11.5. The number of rotatable bonds is 9. The summed E-state index contributed by atoms with van der Waals surface area (Å²) in [6.45, 7) is 5.59. The highest BCUT2D eigenvalue weighted by atomic mass is 16.5. The largest absolute Gasteiger partial charge is 0.494 e. The van der Waals surface area contributed by atoms with Gasteiger partial charge in [-0.2, -0.15) is 0 Å². The van der Waals surface area contributed by atoms with E-state index in [1.54, 1.807) is 12.5 Å². The summed E-state index contributed by atoms with van der Waals surface area (Å²) < 4.78 is 5.75. The third kappa shape index (κ3) is 6.19. The molecule has 8 nitrogen and oxygen atoms in total. The van der Waals surface area contributed by atoms with Crippen LogP contribution >= 0.6 is 0 Å². The molecular weight excluding hydrogens is 416 g/mol. The van der Waals surface area contributed by atoms with E-state index in [4.69, 9.17) is 4.74 Å². The summed E-state index contributed by atoms with van der Waals surface area (Å²) >= 11 is 0. The van der Waals surface area contributed by atoms with Gasteiger partial charge in [0, 0.05) is 44.0 Å². The van der Waals surface area contributed by atoms with Crippen LogP contribution in [0.5, 0.6) is 5.75 Å². The van der Waals surface area contributed by atoms with Crippen LogP contribution in [0.15, 0.2) is 61.1 Å². The molecule has 8 heteroatoms. The van der Waals surface area contributed by atoms with Crippen LogP contribution in [-0.4, -0.2) is 58.5 Å². The molecule has 1 aliphatic heterocycles. The number of hydrogen-bond donors (Lipinski definition) is 1. The lowest BCUT2D eigenvalue weighted by Gasteiger charge is -2.35. The summed E-state index contributed by atoms with van der Waals surface area (Å²) in [5, 5.41) is 3.19. The molecule has 1 N–H and O–H groups in total. The van der Waals surface area contributed by atoms with Crippen molar-refractivity contribution >= 4 is 23.4 Å². The summed E-state index contributed by atoms with van der Waals surface area (Å²) in [5.74, 6) is 3.11. The Morgan fingerprint density at radius 1 is 0.970 bits per heavy atom. The molecule has 0 unspecified atom stereocenters. The van der Waals surface area contributed by atoms with Crippen molar-refractivity contribution in [2.75, 3.05) is 43.0 Å². The molecule has 172 valence electrons. The quantitative estimate of drug-likeness (QED) is 0.495. The first-order chi connectivity index (χ1) is 16.2. The van der Waals surface area contributed by atoms with Crippen LogP contribution in [-0.2, 0) is 0 Å². The summed E-state index contributed by atoms with van der Waals surface area (Å²) in [5.41, 5.74) is 0.688. The van der Waals surface area contributed by atoms with Gasteiger partial charge in [0.1, 0.15) is 29.5 Å². The molecule has 1 amide bonds. The van der Waals surface area contributed by atoms with Crippen molar-refractivity contribution in [2.45, 2.75) is 26.2 Å². The Morgan fingerprint density at radius 3 is 2.52 bits per heavy atom. The van der Waals surface area contributed by atoms with Gasteiger partial charge in [-0.25, -0.2) is 15.0 Å². The molecular formula is C25H30N6O2. The second-order valence-corrected chi connectivity index (χ2v) is 7.96. The van der Waals surface area contributed by atoms with E-state index >= 15 is 0 Å². The standard InChI is InChI=1S/C25H30N6O2/c1-2-3-6-17-33-21-10-8-20(9-11-21)25(32)31-15-13-30(14-16-31)24-18-23(27-19-28-24)29-22-7-4-5-12-26-22/h4-5,7-12,18-19H,2-3,6,13-17H2,1H3,(H,26,27,28,29). The van der Waals surface area contributed by atoms with Crippen molar-refractivity contribution < 1.29 is 9.53 Å². The van der Waals surface area contributed by atoms with Crippen LogP contribution < -0.4 is 15.0 Å². The molecule has 0 bridgehead atoms. The molecule has 1 fully saturated rings. The van der Waals surface area contributed by atoms with E-state index in [0.717, 1.165) is 23.8 Å². The molecule has 2 aromatic heterocycles. The Balaban J connectivity index is 1.29. The molecule has 0 radical (unpaired) electrons. The van der Waals surface area contributed by atoms with Crippen molar-refractivity contribution in [3.8, 4) is 5.75 Å². The molecule has 0 saturated carbocycles. The number of unbranched alkanes of at least 4 members (excludes halogenated alkanes) is 2. The highest BCUT2D eigenvalue weighted by Crippen LogP contribution is 2.20. The number of piperazine rings is 1. The minimum absolute atomic E-state index is 0.0485. The van der Waals surface area contributed by atoms with Crippen molar-refractivity contribution in [1.82, 2.24) is 19.9 Å². The maximum absolute atomic E-state index is 12.9. The monoisotopic (exact) mass is 446 g/mol. The average Bonchev–Trinajstić information content (AvgIpc) is 2.87. The Bertz CT molecular complexity index is 1020. The maximum atomic E-state index is 12.9. The molecule has 0 spiro atoms. The van der Waals surface area contributed by atoms with Gasteiger partial charge >= 0.3 is 0 Å². The van der Waals surface area contributed by atoms with Gasteiger partial charge in [0.25, 0.3) is 5.91 Å². The number of amides is 1. The highest BCUT2D eigenvalue weighted by Gasteiger charge is 2.23. The zero-order valence-electron chi connectivity index (χ0n) is 19.0. The van der Waals surface area contributed by atoms with Crippen LogP contribution in [0.2, 0.25) is 0 Å². The average molecular weight is 447 g/mol. The lowest BCUT2D eigenvalue weighted by Crippen LogP contribution is -2.49. The molecule has 33 heavy (non-hydrogen) atoms. The van der Waals surface area contributed by atoms with Crippen molar-refractivity contribution in [3.05, 3.63) is 66.6 Å². The number of ether oxygens (including phenoxy) is 1. The molecule has 4 rings (SSSR count). The van der Waals surface area contributed by atoms with E-state index in [1.165, 1.54) is 12.8 Å². The molecule has 1 saturated heterocycles. The van der Waals surface area contributed by atoms with Crippen LogP contribution in [0.25, 0.3) is 0 Å². The van der Waals surface area contributed by atoms with Gasteiger partial charge in [0.15, 0.2) is 0 Å². The lowest BCUT2D eigenvalue weighted by molar-refractivity contribution is 0.0746. The topological polar surface area (TPSA) is 83.5 Å². The third-order valence-electron chi connectivity index (χ3n) is 5.58. The third-order valence-corrected chi connectivity index (χ3v) is 5.58. The van der Waals surface area contributed by atoms with E-state index in [0.29, 0.717) is 44.2 Å². The number of carbonyl (C=O) groups excluding carboxylic acids is 1. The molecule has 0 atom stereocenters. The smallest absolute Gasteiger partial charge is 0.253 e. The number of aromatic nitrogens is 3. The minimum Gasteiger partial charge on any atom is -0.494 e. The van der Waals surface area contributed by atoms with E-state index in [1.807, 2.05) is 53.4 Å². The van der Waals surface area contributed by atoms with E-state index in [-0.39, 0.29) is 5.91 Å². The number of carbonyl (C=O) groups is 1. The first kappa shape index (κ1) is 22.5. The number of nitrogens with zero attached hydrogens (tertiary/aromatic N) is 5. The van der Waals surface area contributed by atoms with Gasteiger partial charge in [-0.15, -0.1) is 0 Å². The highest BCUT2D eigenvalue weighted by molar-refractivity contribution is 5.94. The Kier molecular flexibility index (Phi) is 7.68. The second-order valence-electron chi connectivity index (χ2n) is 7.96. The fourth-order valence-electron chi connectivity index (χ4n) is 3.71. The van der Waals surface area contributed by atoms with Crippen molar-refractivity contribution in [1.29, 1.82) is 0 Å². The maximum Gasteiger partial charge on any atom is 0.253 e. The van der Waals surface area contributed by atoms with Crippen LogP contribution in [0.4, 0.5) is 17.5 Å². The number of anilines is 3. The zero-order valence-corrected chi connectivity index (χ0v) is 19.0. The SMILES string of the molecule is CCCCCOc1ccc(C(=O)N2CCN(c3cc(Nc4ccccn4)ncn3)CC2)cc1. The Hall–Kier alpha value is -3.68. The van der Waals surface area contributed by atoms with Gasteiger partial charge in [0.05, 0.1) is 6.61 Å². The van der Waals surface area contributed by atoms with E-state index in [9.17, 15) is 4.79 Å². The normalized spacial score (nSPS) is 13.6. The van der Waals surface area contributed by atoms with Gasteiger partial charge in [-0.1, -0.05) is 25.8 Å². The minimum atomic E-state index is 0.0485. The van der Waals surface area contributed by atoms with Gasteiger partial charge < -0.3 is 19.9 Å². The molecule has 1 aromatic carbocycles. The Labute approximate surface area is 194 Å². The Morgan fingerprint density at radius 2 is 1.79 bits per heavy atom.